The van der Waals surface area contributed by atoms with Crippen LogP contribution in [0.5, 0.6) is 0 Å². The third-order valence-electron chi connectivity index (χ3n) is 3.67. The minimum absolute atomic E-state index is 0.00659. The van der Waals surface area contributed by atoms with Gasteiger partial charge < -0.3 is 14.4 Å². The van der Waals surface area contributed by atoms with Crippen molar-refractivity contribution in [3.05, 3.63) is 54.0 Å². The third kappa shape index (κ3) is 4.43. The fourth-order valence-electron chi connectivity index (χ4n) is 2.32. The van der Waals surface area contributed by atoms with Crippen LogP contribution in [0.4, 0.5) is 0 Å². The fourth-order valence-corrected chi connectivity index (χ4v) is 2.32. The van der Waals surface area contributed by atoms with Gasteiger partial charge in [0.05, 0.1) is 13.2 Å². The Morgan fingerprint density at radius 1 is 1.41 bits per heavy atom. The predicted octanol–water partition coefficient (Wildman–Crippen LogP) is 2.30. The molecule has 1 aliphatic rings. The van der Waals surface area contributed by atoms with E-state index in [1.165, 1.54) is 18.7 Å². The normalized spacial score (nSPS) is 21.8. The molecule has 5 nitrogen and oxygen atoms in total. The average Bonchev–Trinajstić information content (AvgIpc) is 2.53. The number of esters is 1. The van der Waals surface area contributed by atoms with Gasteiger partial charge in [0.2, 0.25) is 0 Å². The summed E-state index contributed by atoms with van der Waals surface area (Å²) in [5.41, 5.74) is 2.19. The number of methoxy groups -OCH3 is 1. The first kappa shape index (κ1) is 16.2. The second kappa shape index (κ2) is 7.75. The lowest BCUT2D eigenvalue weighted by Crippen LogP contribution is -2.39. The van der Waals surface area contributed by atoms with E-state index in [4.69, 9.17) is 4.74 Å². The zero-order valence-corrected chi connectivity index (χ0v) is 13.2. The first-order valence-electron chi connectivity index (χ1n) is 7.38. The summed E-state index contributed by atoms with van der Waals surface area (Å²) < 4.78 is 10.5. The van der Waals surface area contributed by atoms with E-state index in [-0.39, 0.29) is 18.3 Å². The molecule has 22 heavy (non-hydrogen) atoms. The molecule has 0 saturated carbocycles. The van der Waals surface area contributed by atoms with E-state index in [0.29, 0.717) is 0 Å². The van der Waals surface area contributed by atoms with Crippen LogP contribution < -0.4 is 0 Å². The molecule has 0 amide bonds. The lowest BCUT2D eigenvalue weighted by molar-refractivity contribution is -0.134. The number of hydrogen-bond acceptors (Lipinski definition) is 5. The van der Waals surface area contributed by atoms with Crippen LogP contribution in [0.1, 0.15) is 19.4 Å². The van der Waals surface area contributed by atoms with Crippen molar-refractivity contribution in [1.29, 1.82) is 0 Å². The van der Waals surface area contributed by atoms with Crippen molar-refractivity contribution >= 4 is 5.97 Å². The minimum Gasteiger partial charge on any atom is -0.466 e. The van der Waals surface area contributed by atoms with Crippen molar-refractivity contribution in [2.75, 3.05) is 13.7 Å². The van der Waals surface area contributed by atoms with E-state index in [2.05, 4.69) is 20.8 Å². The SMILES string of the molecule is COC(=O)/C=C/C1=CN(CCc2ccncc2)[C@@H](C)O[C@H]1C. The van der Waals surface area contributed by atoms with Gasteiger partial charge in [-0.2, -0.15) is 0 Å². The zero-order chi connectivity index (χ0) is 15.9. The summed E-state index contributed by atoms with van der Waals surface area (Å²) >= 11 is 0. The quantitative estimate of drug-likeness (QED) is 0.617. The van der Waals surface area contributed by atoms with Crippen molar-refractivity contribution in [2.24, 2.45) is 0 Å². The lowest BCUT2D eigenvalue weighted by Gasteiger charge is -2.36. The maximum atomic E-state index is 11.2. The molecule has 0 bridgehead atoms. The molecule has 5 heteroatoms. The largest absolute Gasteiger partial charge is 0.466 e. The lowest BCUT2D eigenvalue weighted by atomic mass is 10.1. The smallest absolute Gasteiger partial charge is 0.330 e. The van der Waals surface area contributed by atoms with Crippen molar-refractivity contribution in [3.8, 4) is 0 Å². The molecule has 0 aliphatic carbocycles. The Balaban J connectivity index is 2.04. The topological polar surface area (TPSA) is 51.7 Å². The van der Waals surface area contributed by atoms with Crippen molar-refractivity contribution < 1.29 is 14.3 Å². The molecule has 2 atom stereocenters. The second-order valence-electron chi connectivity index (χ2n) is 5.21. The van der Waals surface area contributed by atoms with Gasteiger partial charge in [-0.25, -0.2) is 4.79 Å². The molecule has 2 rings (SSSR count). The van der Waals surface area contributed by atoms with Crippen molar-refractivity contribution in [3.63, 3.8) is 0 Å². The molecule has 0 fully saturated rings. The van der Waals surface area contributed by atoms with E-state index >= 15 is 0 Å². The fraction of sp³-hybridized carbons (Fsp3) is 0.412. The second-order valence-corrected chi connectivity index (χ2v) is 5.21. The minimum atomic E-state index is -0.366. The van der Waals surface area contributed by atoms with Crippen LogP contribution in [0.15, 0.2) is 48.5 Å². The van der Waals surface area contributed by atoms with Crippen LogP contribution in [0.25, 0.3) is 0 Å². The van der Waals surface area contributed by atoms with Crippen LogP contribution in [0, 0.1) is 0 Å². The Bertz CT molecular complexity index is 554. The van der Waals surface area contributed by atoms with E-state index in [9.17, 15) is 4.79 Å². The monoisotopic (exact) mass is 302 g/mol. The van der Waals surface area contributed by atoms with Gasteiger partial charge in [0.1, 0.15) is 6.23 Å². The molecular formula is C17H22N2O3. The Labute approximate surface area is 131 Å². The summed E-state index contributed by atoms with van der Waals surface area (Å²) in [6.07, 6.45) is 9.70. The Morgan fingerprint density at radius 2 is 2.14 bits per heavy atom. The van der Waals surface area contributed by atoms with Crippen LogP contribution in [0.3, 0.4) is 0 Å². The Hall–Kier alpha value is -2.14. The molecule has 0 radical (unpaired) electrons. The molecule has 0 unspecified atom stereocenters. The number of ether oxygens (including phenoxy) is 2. The van der Waals surface area contributed by atoms with Crippen molar-refractivity contribution in [2.45, 2.75) is 32.6 Å². The number of aromatic nitrogens is 1. The molecule has 0 spiro atoms. The molecule has 1 aromatic heterocycles. The predicted molar refractivity (Wildman–Crippen MR) is 83.9 cm³/mol. The van der Waals surface area contributed by atoms with E-state index in [0.717, 1.165) is 18.5 Å². The highest BCUT2D eigenvalue weighted by atomic mass is 16.5. The molecule has 0 saturated heterocycles. The molecule has 2 heterocycles. The van der Waals surface area contributed by atoms with E-state index < -0.39 is 0 Å². The highest BCUT2D eigenvalue weighted by molar-refractivity contribution is 5.82. The van der Waals surface area contributed by atoms with Gasteiger partial charge in [0.25, 0.3) is 0 Å². The summed E-state index contributed by atoms with van der Waals surface area (Å²) in [6.45, 7) is 4.85. The summed E-state index contributed by atoms with van der Waals surface area (Å²) in [5, 5.41) is 0. The highest BCUT2D eigenvalue weighted by Gasteiger charge is 2.22. The Morgan fingerprint density at radius 3 is 2.82 bits per heavy atom. The zero-order valence-electron chi connectivity index (χ0n) is 13.2. The van der Waals surface area contributed by atoms with Crippen LogP contribution >= 0.6 is 0 Å². The first-order chi connectivity index (χ1) is 10.6. The van der Waals surface area contributed by atoms with Gasteiger partial charge in [0, 0.05) is 31.2 Å². The standard InChI is InChI=1S/C17H22N2O3/c1-13-16(4-5-17(20)21-3)12-19(14(2)22-13)11-8-15-6-9-18-10-7-15/h4-7,9-10,12-14H,8,11H2,1-3H3/b5-4+/t13-,14+/m0/s1. The maximum absolute atomic E-state index is 11.2. The summed E-state index contributed by atoms with van der Waals surface area (Å²) in [4.78, 5) is 17.4. The van der Waals surface area contributed by atoms with Crippen LogP contribution in [0.2, 0.25) is 0 Å². The van der Waals surface area contributed by atoms with Crippen molar-refractivity contribution in [1.82, 2.24) is 9.88 Å². The third-order valence-corrected chi connectivity index (χ3v) is 3.67. The summed E-state index contributed by atoms with van der Waals surface area (Å²) in [6, 6.07) is 4.03. The van der Waals surface area contributed by atoms with Gasteiger partial charge in [-0.1, -0.05) is 0 Å². The molecule has 118 valence electrons. The summed E-state index contributed by atoms with van der Waals surface area (Å²) in [5.74, 6) is -0.366. The first-order valence-corrected chi connectivity index (χ1v) is 7.38. The molecule has 1 aromatic rings. The average molecular weight is 302 g/mol. The van der Waals surface area contributed by atoms with Gasteiger partial charge in [-0.05, 0) is 49.6 Å². The number of nitrogens with zero attached hydrogens (tertiary/aromatic N) is 2. The molecule has 0 aromatic carbocycles. The number of hydrogen-bond donors (Lipinski definition) is 0. The van der Waals surface area contributed by atoms with Gasteiger partial charge in [-0.3, -0.25) is 4.98 Å². The Kier molecular flexibility index (Phi) is 5.72. The number of pyridine rings is 1. The number of carbonyl (C=O) groups excluding carboxylic acids is 1. The van der Waals surface area contributed by atoms with Gasteiger partial charge in [-0.15, -0.1) is 0 Å². The van der Waals surface area contributed by atoms with Gasteiger partial charge >= 0.3 is 5.97 Å². The van der Waals surface area contributed by atoms with E-state index in [1.807, 2.05) is 26.0 Å². The van der Waals surface area contributed by atoms with Gasteiger partial charge in [0.15, 0.2) is 0 Å². The van der Waals surface area contributed by atoms with Crippen LogP contribution in [-0.2, 0) is 20.7 Å². The maximum Gasteiger partial charge on any atom is 0.330 e. The number of carbonyl (C=O) groups is 1. The molecular weight excluding hydrogens is 280 g/mol. The van der Waals surface area contributed by atoms with E-state index in [1.54, 1.807) is 18.5 Å². The summed E-state index contributed by atoms with van der Waals surface area (Å²) in [7, 11) is 1.37. The number of rotatable bonds is 5. The van der Waals surface area contributed by atoms with Crippen LogP contribution in [-0.4, -0.2) is 41.8 Å². The molecule has 1 aliphatic heterocycles. The molecule has 0 N–H and O–H groups in total. The highest BCUT2D eigenvalue weighted by Crippen LogP contribution is 2.21.